The van der Waals surface area contributed by atoms with Gasteiger partial charge in [-0.25, -0.2) is 0 Å². The lowest BCUT2D eigenvalue weighted by molar-refractivity contribution is -0.132. The molecule has 2 aromatic carbocycles. The molecule has 33 heavy (non-hydrogen) atoms. The third kappa shape index (κ3) is 6.25. The minimum absolute atomic E-state index is 0.0629. The third-order valence-electron chi connectivity index (χ3n) is 6.04. The largest absolute Gasteiger partial charge is 0.494 e. The quantitative estimate of drug-likeness (QED) is 0.524. The van der Waals surface area contributed by atoms with Crippen LogP contribution in [0.4, 0.5) is 0 Å². The van der Waals surface area contributed by atoms with Crippen LogP contribution in [0.25, 0.3) is 5.69 Å². The van der Waals surface area contributed by atoms with Crippen molar-refractivity contribution in [2.24, 2.45) is 0 Å². The van der Waals surface area contributed by atoms with Gasteiger partial charge in [0.25, 0.3) is 5.91 Å². The van der Waals surface area contributed by atoms with Crippen molar-refractivity contribution in [3.8, 4) is 11.4 Å². The van der Waals surface area contributed by atoms with Gasteiger partial charge < -0.3 is 19.5 Å². The molecule has 172 valence electrons. The lowest BCUT2D eigenvalue weighted by Crippen LogP contribution is -2.46. The highest BCUT2D eigenvalue weighted by Crippen LogP contribution is 2.15. The number of ether oxygens (including phenoxy) is 1. The van der Waals surface area contributed by atoms with Crippen LogP contribution in [0.1, 0.15) is 41.6 Å². The number of aromatic nitrogens is 1. The first-order chi connectivity index (χ1) is 16.1. The van der Waals surface area contributed by atoms with E-state index in [1.807, 2.05) is 89.4 Å². The second-order valence-electron chi connectivity index (χ2n) is 8.53. The van der Waals surface area contributed by atoms with Crippen LogP contribution in [0.2, 0.25) is 0 Å². The van der Waals surface area contributed by atoms with Crippen molar-refractivity contribution < 1.29 is 14.3 Å². The maximum Gasteiger partial charge on any atom is 0.251 e. The summed E-state index contributed by atoms with van der Waals surface area (Å²) in [6.45, 7) is 3.92. The summed E-state index contributed by atoms with van der Waals surface area (Å²) in [5.74, 6) is 0.934. The Morgan fingerprint density at radius 3 is 2.30 bits per heavy atom. The predicted octanol–water partition coefficient (Wildman–Crippen LogP) is 4.37. The van der Waals surface area contributed by atoms with Gasteiger partial charge in [0.2, 0.25) is 5.91 Å². The summed E-state index contributed by atoms with van der Waals surface area (Å²) in [7, 11) is 0. The number of hydrogen-bond acceptors (Lipinski definition) is 3. The zero-order chi connectivity index (χ0) is 23.0. The van der Waals surface area contributed by atoms with Crippen molar-refractivity contribution in [3.05, 3.63) is 84.2 Å². The summed E-state index contributed by atoms with van der Waals surface area (Å²) in [5.41, 5.74) is 2.87. The van der Waals surface area contributed by atoms with Gasteiger partial charge in [-0.1, -0.05) is 17.7 Å². The fourth-order valence-corrected chi connectivity index (χ4v) is 4.04. The van der Waals surface area contributed by atoms with Gasteiger partial charge in [-0.15, -0.1) is 0 Å². The number of nitrogens with one attached hydrogen (secondary N) is 1. The zero-order valence-electron chi connectivity index (χ0n) is 19.1. The molecule has 3 aromatic rings. The summed E-state index contributed by atoms with van der Waals surface area (Å²) in [4.78, 5) is 27.0. The molecule has 1 aromatic heterocycles. The van der Waals surface area contributed by atoms with Crippen molar-refractivity contribution in [1.82, 2.24) is 14.8 Å². The molecule has 2 amide bonds. The smallest absolute Gasteiger partial charge is 0.251 e. The summed E-state index contributed by atoms with van der Waals surface area (Å²) in [6, 6.07) is 19.6. The van der Waals surface area contributed by atoms with E-state index in [0.29, 0.717) is 38.1 Å². The number of hydrogen-bond donors (Lipinski definition) is 1. The van der Waals surface area contributed by atoms with Crippen LogP contribution in [-0.4, -0.2) is 47.0 Å². The number of carbonyl (C=O) groups excluding carboxylic acids is 2. The first-order valence-corrected chi connectivity index (χ1v) is 11.6. The van der Waals surface area contributed by atoms with Gasteiger partial charge in [0.05, 0.1) is 6.61 Å². The lowest BCUT2D eigenvalue weighted by Gasteiger charge is -2.32. The van der Waals surface area contributed by atoms with Gasteiger partial charge in [-0.2, -0.15) is 0 Å². The number of amides is 2. The van der Waals surface area contributed by atoms with Crippen LogP contribution >= 0.6 is 0 Å². The number of likely N-dealkylation sites (tertiary alicyclic amines) is 1. The van der Waals surface area contributed by atoms with E-state index in [1.165, 1.54) is 5.56 Å². The molecule has 0 saturated carbocycles. The first kappa shape index (κ1) is 22.6. The molecular weight excluding hydrogens is 414 g/mol. The van der Waals surface area contributed by atoms with Crippen molar-refractivity contribution in [1.29, 1.82) is 0 Å². The van der Waals surface area contributed by atoms with E-state index < -0.39 is 0 Å². The molecule has 1 aliphatic heterocycles. The highest BCUT2D eigenvalue weighted by Gasteiger charge is 2.24. The molecule has 0 radical (unpaired) electrons. The Kier molecular flexibility index (Phi) is 7.45. The Morgan fingerprint density at radius 2 is 1.64 bits per heavy atom. The van der Waals surface area contributed by atoms with Crippen LogP contribution in [-0.2, 0) is 4.79 Å². The average molecular weight is 446 g/mol. The van der Waals surface area contributed by atoms with E-state index >= 15 is 0 Å². The number of benzene rings is 2. The summed E-state index contributed by atoms with van der Waals surface area (Å²) >= 11 is 0. The number of carbonyl (C=O) groups is 2. The maximum atomic E-state index is 12.6. The second kappa shape index (κ2) is 10.9. The summed E-state index contributed by atoms with van der Waals surface area (Å²) < 4.78 is 7.71. The first-order valence-electron chi connectivity index (χ1n) is 11.6. The normalized spacial score (nSPS) is 14.2. The van der Waals surface area contributed by atoms with Crippen molar-refractivity contribution >= 4 is 11.8 Å². The predicted molar refractivity (Wildman–Crippen MR) is 129 cm³/mol. The van der Waals surface area contributed by atoms with Crippen molar-refractivity contribution in [2.45, 2.75) is 38.6 Å². The minimum Gasteiger partial charge on any atom is -0.494 e. The Balaban J connectivity index is 1.16. The van der Waals surface area contributed by atoms with Gasteiger partial charge in [0.15, 0.2) is 0 Å². The Morgan fingerprint density at radius 1 is 0.970 bits per heavy atom. The molecule has 4 rings (SSSR count). The fraction of sp³-hybridized carbons (Fsp3) is 0.333. The molecule has 0 aliphatic carbocycles. The Hall–Kier alpha value is -3.54. The van der Waals surface area contributed by atoms with Crippen LogP contribution < -0.4 is 10.1 Å². The summed E-state index contributed by atoms with van der Waals surface area (Å²) in [6.07, 6.45) is 6.68. The topological polar surface area (TPSA) is 63.6 Å². The van der Waals surface area contributed by atoms with Gasteiger partial charge in [-0.3, -0.25) is 9.59 Å². The molecule has 2 heterocycles. The van der Waals surface area contributed by atoms with Gasteiger partial charge in [0.1, 0.15) is 5.75 Å². The van der Waals surface area contributed by atoms with E-state index in [9.17, 15) is 9.59 Å². The standard InChI is InChI=1S/C27H31N3O3/c1-21-6-12-25(13-7-21)33-20-4-5-26(31)30-18-14-23(15-19-30)28-27(32)22-8-10-24(11-9-22)29-16-2-3-17-29/h2-3,6-13,16-17,23H,4-5,14-15,18-20H2,1H3,(H,28,32). The van der Waals surface area contributed by atoms with Crippen molar-refractivity contribution in [2.75, 3.05) is 19.7 Å². The molecule has 0 atom stereocenters. The SMILES string of the molecule is Cc1ccc(OCCCC(=O)N2CCC(NC(=O)c3ccc(-n4cccc4)cc3)CC2)cc1. The molecule has 1 fully saturated rings. The second-order valence-corrected chi connectivity index (χ2v) is 8.53. The van der Waals surface area contributed by atoms with E-state index in [-0.39, 0.29) is 17.9 Å². The highest BCUT2D eigenvalue weighted by molar-refractivity contribution is 5.94. The van der Waals surface area contributed by atoms with E-state index in [2.05, 4.69) is 5.32 Å². The number of piperidine rings is 1. The number of rotatable bonds is 8. The van der Waals surface area contributed by atoms with Gasteiger partial charge in [-0.05, 0) is 74.7 Å². The maximum absolute atomic E-state index is 12.6. The molecular formula is C27H31N3O3. The molecule has 1 aliphatic rings. The molecule has 0 unspecified atom stereocenters. The molecule has 6 heteroatoms. The Bertz CT molecular complexity index is 1040. The van der Waals surface area contributed by atoms with Crippen LogP contribution in [0.15, 0.2) is 73.1 Å². The van der Waals surface area contributed by atoms with E-state index in [4.69, 9.17) is 4.74 Å². The molecule has 0 spiro atoms. The minimum atomic E-state index is -0.0629. The van der Waals surface area contributed by atoms with Gasteiger partial charge >= 0.3 is 0 Å². The van der Waals surface area contributed by atoms with Crippen LogP contribution in [0.5, 0.6) is 5.75 Å². The number of nitrogens with zero attached hydrogens (tertiary/aromatic N) is 2. The fourth-order valence-electron chi connectivity index (χ4n) is 4.04. The molecule has 1 N–H and O–H groups in total. The lowest BCUT2D eigenvalue weighted by atomic mass is 10.0. The zero-order valence-corrected chi connectivity index (χ0v) is 19.1. The van der Waals surface area contributed by atoms with E-state index in [0.717, 1.165) is 24.3 Å². The summed E-state index contributed by atoms with van der Waals surface area (Å²) in [5, 5.41) is 3.12. The number of aryl methyl sites for hydroxylation is 1. The van der Waals surface area contributed by atoms with Crippen LogP contribution in [0.3, 0.4) is 0 Å². The van der Waals surface area contributed by atoms with Crippen LogP contribution in [0, 0.1) is 6.92 Å². The van der Waals surface area contributed by atoms with Gasteiger partial charge in [0, 0.05) is 49.2 Å². The molecule has 0 bridgehead atoms. The highest BCUT2D eigenvalue weighted by atomic mass is 16.5. The molecule has 1 saturated heterocycles. The molecule has 6 nitrogen and oxygen atoms in total. The monoisotopic (exact) mass is 445 g/mol. The third-order valence-corrected chi connectivity index (χ3v) is 6.04. The Labute approximate surface area is 195 Å². The van der Waals surface area contributed by atoms with Crippen molar-refractivity contribution in [3.63, 3.8) is 0 Å². The van der Waals surface area contributed by atoms with E-state index in [1.54, 1.807) is 0 Å². The average Bonchev–Trinajstić information content (AvgIpc) is 3.38.